The van der Waals surface area contributed by atoms with Gasteiger partial charge in [-0.15, -0.1) is 0 Å². The summed E-state index contributed by atoms with van der Waals surface area (Å²) >= 11 is 0. The lowest BCUT2D eigenvalue weighted by molar-refractivity contribution is 0.954. The van der Waals surface area contributed by atoms with E-state index in [0.717, 1.165) is 94.2 Å². The van der Waals surface area contributed by atoms with Crippen molar-refractivity contribution in [2.24, 2.45) is 0 Å². The van der Waals surface area contributed by atoms with Crippen LogP contribution in [0.25, 0.3) is 123 Å². The van der Waals surface area contributed by atoms with Crippen LogP contribution in [0.5, 0.6) is 0 Å². The Balaban J connectivity index is 1.03. The molecule has 10 aromatic carbocycles. The lowest BCUT2D eigenvalue weighted by atomic mass is 9.96. The third kappa shape index (κ3) is 6.92. The highest BCUT2D eigenvalue weighted by Crippen LogP contribution is 2.41. The van der Waals surface area contributed by atoms with E-state index in [4.69, 9.17) is 15.0 Å². The van der Waals surface area contributed by atoms with Gasteiger partial charge in [-0.2, -0.15) is 15.2 Å². The molecule has 0 saturated carbocycles. The molecule has 0 aliphatic rings. The lowest BCUT2D eigenvalue weighted by Crippen LogP contribution is -2.07. The van der Waals surface area contributed by atoms with Gasteiger partial charge >= 0.3 is 0 Å². The lowest BCUT2D eigenvalue weighted by Gasteiger charge is -2.17. The zero-order valence-corrected chi connectivity index (χ0v) is 37.8. The second-order valence-electron chi connectivity index (χ2n) is 17.5. The van der Waals surface area contributed by atoms with Crippen LogP contribution in [0.3, 0.4) is 0 Å². The minimum atomic E-state index is 0.464. The molecule has 326 valence electrons. The highest BCUT2D eigenvalue weighted by Gasteiger charge is 2.22. The fourth-order valence-corrected chi connectivity index (χ4v) is 10.2. The molecule has 0 spiro atoms. The first kappa shape index (κ1) is 40.6. The minimum Gasteiger partial charge on any atom is -0.309 e. The van der Waals surface area contributed by atoms with Gasteiger partial charge in [0, 0.05) is 43.8 Å². The average Bonchev–Trinajstić information content (AvgIpc) is 3.96. The summed E-state index contributed by atoms with van der Waals surface area (Å²) in [6.07, 6.45) is 0. The molecule has 0 N–H and O–H groups in total. The number of para-hydroxylation sites is 4. The van der Waals surface area contributed by atoms with Crippen LogP contribution in [0.15, 0.2) is 243 Å². The standard InChI is InChI=1S/C64H40N6/c65-41-42-37-49(44-19-6-2-7-20-44)39-50(38-42)63-66-62(67-64(68-63)70-59-30-15-12-25-54(59)55-27-16-26-51(61(55)70)45-21-8-3-9-22-45)47-33-31-46(32-34-47)56-40-48(43-17-4-1-5-18-43)35-36-60(56)69-57-28-13-10-23-52(57)53-24-11-14-29-58(53)69/h1-40H. The molecular weight excluding hydrogens is 853 g/mol. The van der Waals surface area contributed by atoms with Gasteiger partial charge in [-0.3, -0.25) is 4.57 Å². The van der Waals surface area contributed by atoms with Crippen molar-refractivity contribution >= 4 is 43.6 Å². The highest BCUT2D eigenvalue weighted by molar-refractivity contribution is 6.14. The summed E-state index contributed by atoms with van der Waals surface area (Å²) in [5, 5.41) is 15.0. The molecule has 13 aromatic rings. The average molecular weight is 893 g/mol. The van der Waals surface area contributed by atoms with Crippen molar-refractivity contribution in [2.45, 2.75) is 0 Å². The van der Waals surface area contributed by atoms with Gasteiger partial charge in [-0.05, 0) is 81.9 Å². The normalized spacial score (nSPS) is 11.4. The Hall–Kier alpha value is -9.70. The van der Waals surface area contributed by atoms with Crippen LogP contribution in [-0.4, -0.2) is 24.1 Å². The van der Waals surface area contributed by atoms with E-state index in [1.54, 1.807) is 0 Å². The van der Waals surface area contributed by atoms with E-state index < -0.39 is 0 Å². The SMILES string of the molecule is N#Cc1cc(-c2ccccc2)cc(-c2nc(-c3ccc(-c4cc(-c5ccccc5)ccc4-n4c5ccccc5c5ccccc54)cc3)nc(-n3c4ccccc4c4cccc(-c5ccccc5)c43)n2)c1. The maximum absolute atomic E-state index is 10.4. The van der Waals surface area contributed by atoms with E-state index in [9.17, 15) is 5.26 Å². The van der Waals surface area contributed by atoms with E-state index in [2.05, 4.69) is 221 Å². The summed E-state index contributed by atoms with van der Waals surface area (Å²) in [6, 6.07) is 86.9. The molecular formula is C64H40N6. The van der Waals surface area contributed by atoms with Crippen LogP contribution in [0.2, 0.25) is 0 Å². The number of nitrogens with zero attached hydrogens (tertiary/aromatic N) is 6. The molecule has 6 nitrogen and oxygen atoms in total. The second kappa shape index (κ2) is 16.9. The van der Waals surface area contributed by atoms with Crippen LogP contribution in [0.1, 0.15) is 5.56 Å². The molecule has 0 aliphatic heterocycles. The molecule has 0 fully saturated rings. The third-order valence-electron chi connectivity index (χ3n) is 13.4. The largest absolute Gasteiger partial charge is 0.309 e. The van der Waals surface area contributed by atoms with Gasteiger partial charge < -0.3 is 4.57 Å². The molecule has 0 unspecified atom stereocenters. The van der Waals surface area contributed by atoms with E-state index in [-0.39, 0.29) is 0 Å². The van der Waals surface area contributed by atoms with Crippen molar-refractivity contribution < 1.29 is 0 Å². The topological polar surface area (TPSA) is 72.3 Å². The fraction of sp³-hybridized carbons (Fsp3) is 0. The van der Waals surface area contributed by atoms with E-state index >= 15 is 0 Å². The molecule has 0 saturated heterocycles. The van der Waals surface area contributed by atoms with Crippen LogP contribution >= 0.6 is 0 Å². The van der Waals surface area contributed by atoms with Crippen molar-refractivity contribution in [2.75, 3.05) is 0 Å². The van der Waals surface area contributed by atoms with Crippen molar-refractivity contribution in [3.05, 3.63) is 248 Å². The summed E-state index contributed by atoms with van der Waals surface area (Å²) in [5.74, 6) is 1.45. The van der Waals surface area contributed by atoms with E-state index in [1.165, 1.54) is 10.8 Å². The van der Waals surface area contributed by atoms with Gasteiger partial charge in [0.15, 0.2) is 11.6 Å². The first-order valence-electron chi connectivity index (χ1n) is 23.4. The maximum atomic E-state index is 10.4. The number of aromatic nitrogens is 5. The summed E-state index contributed by atoms with van der Waals surface area (Å²) in [6.45, 7) is 0. The minimum absolute atomic E-state index is 0.464. The van der Waals surface area contributed by atoms with Crippen molar-refractivity contribution in [1.29, 1.82) is 5.26 Å². The number of nitriles is 1. The quantitative estimate of drug-likeness (QED) is 0.152. The molecule has 0 bridgehead atoms. The zero-order chi connectivity index (χ0) is 46.5. The van der Waals surface area contributed by atoms with Crippen molar-refractivity contribution in [3.63, 3.8) is 0 Å². The van der Waals surface area contributed by atoms with E-state index in [1.807, 2.05) is 36.4 Å². The summed E-state index contributed by atoms with van der Waals surface area (Å²) in [7, 11) is 0. The van der Waals surface area contributed by atoms with Crippen molar-refractivity contribution in [1.82, 2.24) is 24.1 Å². The van der Waals surface area contributed by atoms with Gasteiger partial charge in [0.05, 0.1) is 39.4 Å². The molecule has 0 amide bonds. The van der Waals surface area contributed by atoms with Gasteiger partial charge in [-0.1, -0.05) is 194 Å². The Morgan fingerprint density at radius 1 is 0.314 bits per heavy atom. The fourth-order valence-electron chi connectivity index (χ4n) is 10.2. The first-order valence-corrected chi connectivity index (χ1v) is 23.4. The Labute approximate surface area is 404 Å². The summed E-state index contributed by atoms with van der Waals surface area (Å²) < 4.78 is 4.57. The molecule has 0 atom stereocenters. The Bertz CT molecular complexity index is 4110. The van der Waals surface area contributed by atoms with Gasteiger partial charge in [-0.25, -0.2) is 4.98 Å². The predicted molar refractivity (Wildman–Crippen MR) is 286 cm³/mol. The van der Waals surface area contributed by atoms with Crippen LogP contribution in [0.4, 0.5) is 0 Å². The Morgan fingerprint density at radius 3 is 1.41 bits per heavy atom. The number of hydrogen-bond acceptors (Lipinski definition) is 4. The second-order valence-corrected chi connectivity index (χ2v) is 17.5. The van der Waals surface area contributed by atoms with E-state index in [0.29, 0.717) is 23.2 Å². The molecule has 3 heterocycles. The summed E-state index contributed by atoms with van der Waals surface area (Å²) in [4.78, 5) is 16.0. The molecule has 6 heteroatoms. The van der Waals surface area contributed by atoms with Crippen LogP contribution in [-0.2, 0) is 0 Å². The monoisotopic (exact) mass is 892 g/mol. The molecule has 70 heavy (non-hydrogen) atoms. The number of benzene rings is 10. The van der Waals surface area contributed by atoms with Crippen molar-refractivity contribution in [3.8, 4) is 85.0 Å². The molecule has 13 rings (SSSR count). The maximum Gasteiger partial charge on any atom is 0.238 e. The Morgan fingerprint density at radius 2 is 0.786 bits per heavy atom. The number of hydrogen-bond donors (Lipinski definition) is 0. The molecule has 3 aromatic heterocycles. The predicted octanol–water partition coefficient (Wildman–Crippen LogP) is 15.9. The van der Waals surface area contributed by atoms with Gasteiger partial charge in [0.1, 0.15) is 0 Å². The summed E-state index contributed by atoms with van der Waals surface area (Å²) in [5.41, 5.74) is 15.9. The van der Waals surface area contributed by atoms with Gasteiger partial charge in [0.25, 0.3) is 0 Å². The third-order valence-corrected chi connectivity index (χ3v) is 13.4. The zero-order valence-electron chi connectivity index (χ0n) is 37.8. The van der Waals surface area contributed by atoms with Crippen LogP contribution < -0.4 is 0 Å². The highest BCUT2D eigenvalue weighted by atomic mass is 15.2. The number of fused-ring (bicyclic) bond motifs is 6. The first-order chi connectivity index (χ1) is 34.7. The Kier molecular flexibility index (Phi) is 9.78. The smallest absolute Gasteiger partial charge is 0.238 e. The van der Waals surface area contributed by atoms with Gasteiger partial charge in [0.2, 0.25) is 5.95 Å². The van der Waals surface area contributed by atoms with Crippen LogP contribution in [0, 0.1) is 11.3 Å². The number of rotatable bonds is 8. The molecule has 0 radical (unpaired) electrons. The molecule has 0 aliphatic carbocycles.